The lowest BCUT2D eigenvalue weighted by atomic mass is 9.74. The van der Waals surface area contributed by atoms with Gasteiger partial charge in [0.05, 0.1) is 29.4 Å². The van der Waals surface area contributed by atoms with Crippen molar-refractivity contribution in [1.82, 2.24) is 15.2 Å². The summed E-state index contributed by atoms with van der Waals surface area (Å²) >= 11 is 0. The number of pyridine rings is 1. The van der Waals surface area contributed by atoms with Crippen LogP contribution < -0.4 is 11.1 Å². The number of fused-ring (bicyclic) bond motifs is 1. The Balaban J connectivity index is 1.50. The fourth-order valence-electron chi connectivity index (χ4n) is 6.50. The van der Waals surface area contributed by atoms with Gasteiger partial charge in [-0.05, 0) is 69.0 Å². The molecule has 1 aromatic rings. The van der Waals surface area contributed by atoms with E-state index in [4.69, 9.17) is 15.2 Å². The van der Waals surface area contributed by atoms with Gasteiger partial charge in [0, 0.05) is 51.0 Å². The molecule has 2 aliphatic heterocycles. The minimum atomic E-state index is -4.49. The number of carbonyl (C=O) groups excluding carboxylic acids is 1. The summed E-state index contributed by atoms with van der Waals surface area (Å²) in [6.45, 7) is 6.51. The molecule has 3 aliphatic rings. The summed E-state index contributed by atoms with van der Waals surface area (Å²) in [7, 11) is 1.70. The van der Waals surface area contributed by atoms with E-state index in [2.05, 4.69) is 24.1 Å². The average Bonchev–Trinajstić information content (AvgIpc) is 3.32. The summed E-state index contributed by atoms with van der Waals surface area (Å²) in [6.07, 6.45) is 0.678. The van der Waals surface area contributed by atoms with Crippen molar-refractivity contribution in [2.75, 3.05) is 33.4 Å². The first-order chi connectivity index (χ1) is 18.1. The van der Waals surface area contributed by atoms with Gasteiger partial charge in [0.1, 0.15) is 0 Å². The van der Waals surface area contributed by atoms with Gasteiger partial charge in [-0.15, -0.1) is 0 Å². The molecule has 3 N–H and O–H groups in total. The van der Waals surface area contributed by atoms with Crippen LogP contribution in [0.2, 0.25) is 0 Å². The van der Waals surface area contributed by atoms with E-state index in [1.54, 1.807) is 12.0 Å². The highest BCUT2D eigenvalue weighted by Gasteiger charge is 2.50. The number of nitrogens with zero attached hydrogens (tertiary/aromatic N) is 2. The van der Waals surface area contributed by atoms with E-state index in [-0.39, 0.29) is 48.7 Å². The van der Waals surface area contributed by atoms with E-state index in [0.29, 0.717) is 63.2 Å². The summed E-state index contributed by atoms with van der Waals surface area (Å²) in [6, 6.07) is 1.61. The maximum atomic E-state index is 14.1. The van der Waals surface area contributed by atoms with E-state index in [1.807, 2.05) is 0 Å². The number of nitrogens with one attached hydrogen (secondary N) is 1. The van der Waals surface area contributed by atoms with Gasteiger partial charge in [0.15, 0.2) is 0 Å². The molecule has 0 aromatic carbocycles. The molecule has 3 heterocycles. The van der Waals surface area contributed by atoms with Gasteiger partial charge in [0.25, 0.3) is 0 Å². The summed E-state index contributed by atoms with van der Waals surface area (Å²) < 4.78 is 52.9. The van der Waals surface area contributed by atoms with Crippen molar-refractivity contribution in [3.05, 3.63) is 28.6 Å². The zero-order valence-electron chi connectivity index (χ0n) is 22.9. The number of unbranched alkanes of at least 4 members (excludes halogenated alkanes) is 1. The average molecular weight is 541 g/mol. The van der Waals surface area contributed by atoms with Crippen molar-refractivity contribution in [1.29, 1.82) is 0 Å². The standard InChI is InChI=1S/C28H43F3N4O3/c1-18(2)27(10-7-20(15-27)33-24-9-13-38-17-25(24)37-3)26(36)35-12-8-22-19(16-35)14-21(28(29,30)31)23(34-22)6-4-5-11-32/h14,18,20,24-25,33H,4-13,15-17,32H2,1-3H3/t20-,24+,25-,27+/m1/s1. The molecule has 1 saturated heterocycles. The van der Waals surface area contributed by atoms with Crippen molar-refractivity contribution >= 4 is 5.91 Å². The van der Waals surface area contributed by atoms with Crippen LogP contribution in [-0.2, 0) is 39.8 Å². The summed E-state index contributed by atoms with van der Waals surface area (Å²) in [5.74, 6) is 0.170. The largest absolute Gasteiger partial charge is 0.418 e. The number of hydrogen-bond acceptors (Lipinski definition) is 6. The van der Waals surface area contributed by atoms with Crippen molar-refractivity contribution in [3.8, 4) is 0 Å². The second-order valence-corrected chi connectivity index (χ2v) is 11.5. The molecule has 1 amide bonds. The number of alkyl halides is 3. The Morgan fingerprint density at radius 3 is 2.82 bits per heavy atom. The number of aromatic nitrogens is 1. The monoisotopic (exact) mass is 540 g/mol. The third-order valence-electron chi connectivity index (χ3n) is 8.85. The number of carbonyl (C=O) groups is 1. The molecular formula is C28H43F3N4O3. The SMILES string of the molecule is CO[C@@H]1COCC[C@@H]1N[C@@H]1CC[C@@](C(=O)N2CCc3nc(CCCCN)c(C(F)(F)F)cc3C2)(C(C)C)C1. The second-order valence-electron chi connectivity index (χ2n) is 11.5. The first-order valence-electron chi connectivity index (χ1n) is 14.0. The fourth-order valence-corrected chi connectivity index (χ4v) is 6.50. The minimum Gasteiger partial charge on any atom is -0.379 e. The van der Waals surface area contributed by atoms with Crippen LogP contribution in [0.15, 0.2) is 6.07 Å². The predicted octanol–water partition coefficient (Wildman–Crippen LogP) is 3.85. The quantitative estimate of drug-likeness (QED) is 0.463. The van der Waals surface area contributed by atoms with Crippen LogP contribution in [0.25, 0.3) is 0 Å². The molecule has 4 atom stereocenters. The predicted molar refractivity (Wildman–Crippen MR) is 138 cm³/mol. The number of rotatable bonds is 9. The van der Waals surface area contributed by atoms with E-state index >= 15 is 0 Å². The van der Waals surface area contributed by atoms with Crippen LogP contribution >= 0.6 is 0 Å². The normalized spacial score (nSPS) is 28.1. The fraction of sp³-hybridized carbons (Fsp3) is 0.786. The van der Waals surface area contributed by atoms with Crippen molar-refractivity contribution in [2.24, 2.45) is 17.1 Å². The Kier molecular flexibility index (Phi) is 9.38. The molecule has 0 radical (unpaired) electrons. The molecule has 4 rings (SSSR count). The maximum Gasteiger partial charge on any atom is 0.418 e. The highest BCUT2D eigenvalue weighted by molar-refractivity contribution is 5.83. The van der Waals surface area contributed by atoms with Gasteiger partial charge in [-0.25, -0.2) is 0 Å². The Labute approximate surface area is 224 Å². The molecule has 0 spiro atoms. The van der Waals surface area contributed by atoms with Gasteiger partial charge >= 0.3 is 6.18 Å². The molecule has 0 unspecified atom stereocenters. The number of amides is 1. The van der Waals surface area contributed by atoms with Crippen LogP contribution in [0.5, 0.6) is 0 Å². The first kappa shape index (κ1) is 29.2. The Bertz CT molecular complexity index is 973. The lowest BCUT2D eigenvalue weighted by molar-refractivity contribution is -0.146. The number of ether oxygens (including phenoxy) is 2. The van der Waals surface area contributed by atoms with Crippen LogP contribution in [0, 0.1) is 11.3 Å². The molecule has 38 heavy (non-hydrogen) atoms. The molecule has 7 nitrogen and oxygen atoms in total. The Morgan fingerprint density at radius 1 is 1.34 bits per heavy atom. The van der Waals surface area contributed by atoms with Crippen molar-refractivity contribution in [3.63, 3.8) is 0 Å². The molecular weight excluding hydrogens is 497 g/mol. The van der Waals surface area contributed by atoms with E-state index in [1.165, 1.54) is 6.07 Å². The molecule has 1 saturated carbocycles. The van der Waals surface area contributed by atoms with Crippen LogP contribution in [-0.4, -0.2) is 67.4 Å². The zero-order valence-corrected chi connectivity index (χ0v) is 22.9. The van der Waals surface area contributed by atoms with Gasteiger partial charge in [0.2, 0.25) is 5.91 Å². The second kappa shape index (κ2) is 12.2. The molecule has 10 heteroatoms. The lowest BCUT2D eigenvalue weighted by Crippen LogP contribution is -2.52. The third kappa shape index (κ3) is 6.18. The Morgan fingerprint density at radius 2 is 2.13 bits per heavy atom. The number of hydrogen-bond donors (Lipinski definition) is 2. The van der Waals surface area contributed by atoms with Gasteiger partial charge < -0.3 is 25.4 Å². The summed E-state index contributed by atoms with van der Waals surface area (Å²) in [5.41, 5.74) is 5.59. The van der Waals surface area contributed by atoms with Gasteiger partial charge in [-0.3, -0.25) is 9.78 Å². The summed E-state index contributed by atoms with van der Waals surface area (Å²) in [5, 5.41) is 3.73. The molecule has 214 valence electrons. The minimum absolute atomic E-state index is 0.0115. The lowest BCUT2D eigenvalue weighted by Gasteiger charge is -2.40. The van der Waals surface area contributed by atoms with Crippen molar-refractivity contribution in [2.45, 2.75) is 96.1 Å². The summed E-state index contributed by atoms with van der Waals surface area (Å²) in [4.78, 5) is 20.3. The number of halogens is 3. The molecule has 1 aromatic heterocycles. The highest BCUT2D eigenvalue weighted by Crippen LogP contribution is 2.47. The molecule has 0 bridgehead atoms. The van der Waals surface area contributed by atoms with E-state index in [9.17, 15) is 18.0 Å². The first-order valence-corrected chi connectivity index (χ1v) is 14.0. The molecule has 2 fully saturated rings. The number of methoxy groups -OCH3 is 1. The molecule has 1 aliphatic carbocycles. The van der Waals surface area contributed by atoms with Crippen molar-refractivity contribution < 1.29 is 27.4 Å². The van der Waals surface area contributed by atoms with Gasteiger partial charge in [-0.1, -0.05) is 13.8 Å². The van der Waals surface area contributed by atoms with E-state index in [0.717, 1.165) is 19.3 Å². The maximum absolute atomic E-state index is 14.1. The zero-order chi connectivity index (χ0) is 27.5. The smallest absolute Gasteiger partial charge is 0.379 e. The Hall–Kier alpha value is -1.75. The number of nitrogens with two attached hydrogens (primary N) is 1. The number of aryl methyl sites for hydroxylation is 1. The van der Waals surface area contributed by atoms with Gasteiger partial charge in [-0.2, -0.15) is 13.2 Å². The highest BCUT2D eigenvalue weighted by atomic mass is 19.4. The van der Waals surface area contributed by atoms with Crippen LogP contribution in [0.3, 0.4) is 0 Å². The van der Waals surface area contributed by atoms with Crippen LogP contribution in [0.1, 0.15) is 74.9 Å². The van der Waals surface area contributed by atoms with Crippen LogP contribution in [0.4, 0.5) is 13.2 Å². The topological polar surface area (TPSA) is 89.7 Å². The third-order valence-corrected chi connectivity index (χ3v) is 8.85. The van der Waals surface area contributed by atoms with E-state index < -0.39 is 17.2 Å².